The molecule has 5 rings (SSSR count). The molecule has 6 heteroatoms. The summed E-state index contributed by atoms with van der Waals surface area (Å²) >= 11 is 0. The fraction of sp³-hybridized carbons (Fsp3) is 0.333. The predicted molar refractivity (Wildman–Crippen MR) is 117 cm³/mol. The summed E-state index contributed by atoms with van der Waals surface area (Å²) < 4.78 is 2.24. The number of carbonyl (C=O) groups is 1. The molecule has 0 saturated carbocycles. The number of hydrogen-bond donors (Lipinski definition) is 0. The van der Waals surface area contributed by atoms with Gasteiger partial charge in [-0.2, -0.15) is 0 Å². The zero-order valence-electron chi connectivity index (χ0n) is 17.4. The van der Waals surface area contributed by atoms with Crippen molar-refractivity contribution in [3.05, 3.63) is 65.7 Å². The van der Waals surface area contributed by atoms with Crippen LogP contribution in [0.15, 0.2) is 48.8 Å². The number of nitrogens with zero attached hydrogens (tertiary/aromatic N) is 5. The van der Waals surface area contributed by atoms with E-state index in [1.54, 1.807) is 0 Å². The van der Waals surface area contributed by atoms with Gasteiger partial charge in [-0.25, -0.2) is 15.0 Å². The monoisotopic (exact) mass is 399 g/mol. The number of rotatable bonds is 3. The summed E-state index contributed by atoms with van der Waals surface area (Å²) in [5, 5.41) is 0. The van der Waals surface area contributed by atoms with E-state index in [-0.39, 0.29) is 5.91 Å². The van der Waals surface area contributed by atoms with Crippen molar-refractivity contribution < 1.29 is 4.79 Å². The number of amides is 1. The van der Waals surface area contributed by atoms with Crippen LogP contribution in [0, 0.1) is 19.8 Å². The lowest BCUT2D eigenvalue weighted by molar-refractivity contribution is 0.0683. The highest BCUT2D eigenvalue weighted by atomic mass is 16.2. The lowest BCUT2D eigenvalue weighted by Crippen LogP contribution is -2.39. The molecule has 1 saturated heterocycles. The predicted octanol–water partition coefficient (Wildman–Crippen LogP) is 4.15. The number of carbonyl (C=O) groups excluding carboxylic acids is 1. The summed E-state index contributed by atoms with van der Waals surface area (Å²) in [6.45, 7) is 6.42. The minimum absolute atomic E-state index is 0.0865. The Labute approximate surface area is 175 Å². The molecule has 3 heterocycles. The van der Waals surface area contributed by atoms with Crippen molar-refractivity contribution in [2.75, 3.05) is 13.1 Å². The van der Waals surface area contributed by atoms with E-state index in [9.17, 15) is 4.79 Å². The van der Waals surface area contributed by atoms with Crippen molar-refractivity contribution in [2.45, 2.75) is 33.2 Å². The van der Waals surface area contributed by atoms with Crippen LogP contribution in [-0.2, 0) is 6.54 Å². The van der Waals surface area contributed by atoms with Gasteiger partial charge in [0.1, 0.15) is 0 Å². The fourth-order valence-electron chi connectivity index (χ4n) is 4.30. The number of imidazole rings is 1. The van der Waals surface area contributed by atoms with Gasteiger partial charge in [0, 0.05) is 25.2 Å². The summed E-state index contributed by atoms with van der Waals surface area (Å²) in [4.78, 5) is 28.7. The summed E-state index contributed by atoms with van der Waals surface area (Å²) in [7, 11) is 0. The van der Waals surface area contributed by atoms with E-state index in [0.29, 0.717) is 11.5 Å². The third-order valence-corrected chi connectivity index (χ3v) is 6.21. The molecule has 1 aliphatic rings. The molecule has 0 atom stereocenters. The molecule has 0 N–H and O–H groups in total. The molecule has 0 unspecified atom stereocenters. The van der Waals surface area contributed by atoms with Crippen LogP contribution < -0.4 is 0 Å². The third-order valence-electron chi connectivity index (χ3n) is 6.21. The topological polar surface area (TPSA) is 63.9 Å². The third kappa shape index (κ3) is 3.43. The largest absolute Gasteiger partial charge is 0.339 e. The molecule has 1 fully saturated rings. The molecular formula is C24H25N5O. The first-order chi connectivity index (χ1) is 14.6. The number of aromatic nitrogens is 4. The van der Waals surface area contributed by atoms with E-state index in [2.05, 4.69) is 31.7 Å². The van der Waals surface area contributed by atoms with E-state index in [1.807, 2.05) is 55.4 Å². The molecule has 0 radical (unpaired) electrons. The summed E-state index contributed by atoms with van der Waals surface area (Å²) in [5.41, 5.74) is 6.36. The highest BCUT2D eigenvalue weighted by Gasteiger charge is 2.24. The van der Waals surface area contributed by atoms with Crippen molar-refractivity contribution in [3.63, 3.8) is 0 Å². The lowest BCUT2D eigenvalue weighted by Gasteiger charge is -2.32. The molecule has 2 aromatic carbocycles. The quantitative estimate of drug-likeness (QED) is 0.519. The van der Waals surface area contributed by atoms with Gasteiger partial charge in [-0.05, 0) is 62.9 Å². The van der Waals surface area contributed by atoms with Crippen LogP contribution in [0.4, 0.5) is 0 Å². The van der Waals surface area contributed by atoms with Crippen LogP contribution in [0.25, 0.3) is 22.1 Å². The van der Waals surface area contributed by atoms with Crippen LogP contribution in [0.5, 0.6) is 0 Å². The number of para-hydroxylation sites is 2. The maximum Gasteiger partial charge on any atom is 0.253 e. The number of benzene rings is 2. The summed E-state index contributed by atoms with van der Waals surface area (Å²) in [5.74, 6) is 0.642. The second kappa shape index (κ2) is 7.52. The van der Waals surface area contributed by atoms with Gasteiger partial charge in [-0.15, -0.1) is 0 Å². The highest BCUT2D eigenvalue weighted by molar-refractivity contribution is 5.97. The summed E-state index contributed by atoms with van der Waals surface area (Å²) in [6.07, 6.45) is 3.94. The van der Waals surface area contributed by atoms with Crippen molar-refractivity contribution in [3.8, 4) is 0 Å². The van der Waals surface area contributed by atoms with E-state index in [4.69, 9.17) is 0 Å². The minimum Gasteiger partial charge on any atom is -0.339 e. The van der Waals surface area contributed by atoms with Crippen molar-refractivity contribution in [1.29, 1.82) is 0 Å². The van der Waals surface area contributed by atoms with Crippen LogP contribution in [-0.4, -0.2) is 43.4 Å². The molecule has 6 nitrogen and oxygen atoms in total. The molecule has 1 amide bonds. The molecule has 30 heavy (non-hydrogen) atoms. The van der Waals surface area contributed by atoms with Crippen LogP contribution in [0.2, 0.25) is 0 Å². The first kappa shape index (κ1) is 18.7. The van der Waals surface area contributed by atoms with E-state index in [1.165, 1.54) is 5.52 Å². The molecule has 152 valence electrons. The standard InChI is InChI=1S/C24H25N5O/c1-16-17(2)27-22-13-19(7-8-20(22)26-16)24(30)28-11-9-18(10-12-28)14-29-15-25-21-5-3-4-6-23(21)29/h3-8,13,15,18H,9-12,14H2,1-2H3. The second-order valence-electron chi connectivity index (χ2n) is 8.22. The normalized spacial score (nSPS) is 15.2. The maximum absolute atomic E-state index is 13.1. The summed E-state index contributed by atoms with van der Waals surface area (Å²) in [6, 6.07) is 13.9. The van der Waals surface area contributed by atoms with Crippen LogP contribution in [0.3, 0.4) is 0 Å². The number of aryl methyl sites for hydroxylation is 2. The van der Waals surface area contributed by atoms with Gasteiger partial charge in [0.05, 0.1) is 39.8 Å². The van der Waals surface area contributed by atoms with Gasteiger partial charge >= 0.3 is 0 Å². The first-order valence-electron chi connectivity index (χ1n) is 10.5. The Morgan fingerprint density at radius 1 is 0.967 bits per heavy atom. The Morgan fingerprint density at radius 2 is 1.70 bits per heavy atom. The molecule has 2 aromatic heterocycles. The van der Waals surface area contributed by atoms with E-state index < -0.39 is 0 Å². The van der Waals surface area contributed by atoms with Crippen molar-refractivity contribution >= 4 is 28.0 Å². The van der Waals surface area contributed by atoms with E-state index in [0.717, 1.165) is 60.4 Å². The van der Waals surface area contributed by atoms with Gasteiger partial charge in [-0.1, -0.05) is 12.1 Å². The van der Waals surface area contributed by atoms with Crippen molar-refractivity contribution in [2.24, 2.45) is 5.92 Å². The first-order valence-corrected chi connectivity index (χ1v) is 10.5. The number of fused-ring (bicyclic) bond motifs is 2. The van der Waals surface area contributed by atoms with Gasteiger partial charge in [0.15, 0.2) is 0 Å². The Bertz CT molecular complexity index is 1240. The number of hydrogen-bond acceptors (Lipinski definition) is 4. The molecular weight excluding hydrogens is 374 g/mol. The zero-order valence-corrected chi connectivity index (χ0v) is 17.4. The van der Waals surface area contributed by atoms with Crippen LogP contribution in [0.1, 0.15) is 34.6 Å². The zero-order chi connectivity index (χ0) is 20.7. The Hall–Kier alpha value is -3.28. The van der Waals surface area contributed by atoms with Gasteiger partial charge in [-0.3, -0.25) is 4.79 Å². The van der Waals surface area contributed by atoms with E-state index >= 15 is 0 Å². The van der Waals surface area contributed by atoms with Gasteiger partial charge < -0.3 is 9.47 Å². The Morgan fingerprint density at radius 3 is 2.50 bits per heavy atom. The number of likely N-dealkylation sites (tertiary alicyclic amines) is 1. The molecule has 0 aliphatic carbocycles. The molecule has 4 aromatic rings. The highest BCUT2D eigenvalue weighted by Crippen LogP contribution is 2.24. The Kier molecular flexibility index (Phi) is 4.69. The second-order valence-corrected chi connectivity index (χ2v) is 8.22. The smallest absolute Gasteiger partial charge is 0.253 e. The van der Waals surface area contributed by atoms with Gasteiger partial charge in [0.25, 0.3) is 5.91 Å². The molecule has 0 spiro atoms. The van der Waals surface area contributed by atoms with Crippen molar-refractivity contribution in [1.82, 2.24) is 24.4 Å². The van der Waals surface area contributed by atoms with Gasteiger partial charge in [0.2, 0.25) is 0 Å². The average Bonchev–Trinajstić information content (AvgIpc) is 3.17. The lowest BCUT2D eigenvalue weighted by atomic mass is 9.96. The fourth-order valence-corrected chi connectivity index (χ4v) is 4.30. The SMILES string of the molecule is Cc1nc2ccc(C(=O)N3CCC(Cn4cnc5ccccc54)CC3)cc2nc1C. The van der Waals surface area contributed by atoms with Crippen LogP contribution >= 0.6 is 0 Å². The Balaban J connectivity index is 1.26. The maximum atomic E-state index is 13.1. The molecule has 0 bridgehead atoms. The molecule has 1 aliphatic heterocycles. The average molecular weight is 399 g/mol. The number of piperidine rings is 1. The minimum atomic E-state index is 0.0865.